The standard InChI is InChI=1S/C30H33F2N5O5S/c1-17-7-8-19(23(29(3,4)28(38)39)21-9-13-37(25(33)18(21)2)26(34)24(31)32)14-20(17)15-36-16-30(10-11-30)42-27-22(43(36,40)41)6-5-12-35-27/h5-9,12-14,23-24,33-34H,10-11,15-16H2,1-4H3,(H,38,39). The summed E-state index contributed by atoms with van der Waals surface area (Å²) >= 11 is 0. The first-order valence-corrected chi connectivity index (χ1v) is 15.1. The lowest BCUT2D eigenvalue weighted by Crippen LogP contribution is -2.38. The summed E-state index contributed by atoms with van der Waals surface area (Å²) in [5.41, 5.74) is 0.268. The molecule has 13 heteroatoms. The number of carbonyl (C=O) groups is 1. The number of aromatic nitrogens is 2. The van der Waals surface area contributed by atoms with Crippen LogP contribution in [0.15, 0.2) is 53.7 Å². The molecule has 10 nitrogen and oxygen atoms in total. The second kappa shape index (κ2) is 10.6. The van der Waals surface area contributed by atoms with Crippen molar-refractivity contribution >= 4 is 21.8 Å². The van der Waals surface area contributed by atoms with Crippen LogP contribution in [-0.2, 0) is 21.4 Å². The van der Waals surface area contributed by atoms with Crippen molar-refractivity contribution in [2.45, 2.75) is 69.9 Å². The van der Waals surface area contributed by atoms with Gasteiger partial charge in [0.25, 0.3) is 6.43 Å². The molecule has 1 aliphatic heterocycles. The molecule has 1 fully saturated rings. The molecule has 3 N–H and O–H groups in total. The number of carboxylic acid groups (broad SMARTS) is 1. The highest BCUT2D eigenvalue weighted by molar-refractivity contribution is 7.89. The molecule has 228 valence electrons. The van der Waals surface area contributed by atoms with E-state index < -0.39 is 45.2 Å². The van der Waals surface area contributed by atoms with Crippen LogP contribution in [0.25, 0.3) is 0 Å². The fourth-order valence-electron chi connectivity index (χ4n) is 5.60. The maximum atomic E-state index is 13.8. The van der Waals surface area contributed by atoms with Gasteiger partial charge in [0.05, 0.1) is 12.0 Å². The van der Waals surface area contributed by atoms with Gasteiger partial charge < -0.3 is 9.84 Å². The van der Waals surface area contributed by atoms with Crippen molar-refractivity contribution in [3.05, 3.63) is 82.1 Å². The molecule has 5 rings (SSSR count). The molecule has 0 radical (unpaired) electrons. The lowest BCUT2D eigenvalue weighted by molar-refractivity contribution is -0.147. The van der Waals surface area contributed by atoms with E-state index in [0.29, 0.717) is 29.5 Å². The summed E-state index contributed by atoms with van der Waals surface area (Å²) in [5, 5.41) is 26.4. The Morgan fingerprint density at radius 3 is 2.53 bits per heavy atom. The zero-order valence-electron chi connectivity index (χ0n) is 24.2. The number of hydrogen-bond acceptors (Lipinski definition) is 7. The average molecular weight is 614 g/mol. The first-order valence-electron chi connectivity index (χ1n) is 13.7. The van der Waals surface area contributed by atoms with Crippen molar-refractivity contribution in [2.75, 3.05) is 6.54 Å². The number of rotatable bonds is 7. The zero-order valence-corrected chi connectivity index (χ0v) is 25.0. The summed E-state index contributed by atoms with van der Waals surface area (Å²) in [6.45, 7) is 6.61. The third kappa shape index (κ3) is 5.35. The number of nitrogens with zero attached hydrogens (tertiary/aromatic N) is 3. The highest BCUT2D eigenvalue weighted by Crippen LogP contribution is 2.46. The molecule has 1 aliphatic carbocycles. The van der Waals surface area contributed by atoms with Crippen molar-refractivity contribution in [1.82, 2.24) is 13.9 Å². The normalized spacial score (nSPS) is 18.0. The Morgan fingerprint density at radius 1 is 1.21 bits per heavy atom. The van der Waals surface area contributed by atoms with Gasteiger partial charge in [-0.3, -0.25) is 20.2 Å². The quantitative estimate of drug-likeness (QED) is 0.265. The zero-order chi connectivity index (χ0) is 31.5. The lowest BCUT2D eigenvalue weighted by atomic mass is 9.70. The number of halogens is 2. The van der Waals surface area contributed by atoms with Gasteiger partial charge in [-0.25, -0.2) is 22.2 Å². The van der Waals surface area contributed by atoms with E-state index in [1.165, 1.54) is 35.8 Å². The number of aryl methyl sites for hydroxylation is 1. The van der Waals surface area contributed by atoms with Gasteiger partial charge in [0, 0.05) is 24.9 Å². The summed E-state index contributed by atoms with van der Waals surface area (Å²) in [4.78, 5) is 16.7. The van der Waals surface area contributed by atoms with E-state index in [4.69, 9.17) is 15.6 Å². The number of sulfonamides is 1. The van der Waals surface area contributed by atoms with Gasteiger partial charge in [0.15, 0.2) is 5.84 Å². The van der Waals surface area contributed by atoms with Crippen LogP contribution in [0.2, 0.25) is 0 Å². The van der Waals surface area contributed by atoms with E-state index in [1.807, 2.05) is 6.92 Å². The molecule has 2 aromatic heterocycles. The Bertz CT molecular complexity index is 1800. The Hall–Kier alpha value is -3.97. The van der Waals surface area contributed by atoms with Crippen LogP contribution in [0.3, 0.4) is 0 Å². The van der Waals surface area contributed by atoms with Gasteiger partial charge in [-0.1, -0.05) is 18.2 Å². The number of hydrogen-bond donors (Lipinski definition) is 3. The molecule has 1 aromatic carbocycles. The molecule has 3 aromatic rings. The van der Waals surface area contributed by atoms with Crippen molar-refractivity contribution in [1.29, 1.82) is 10.8 Å². The Balaban J connectivity index is 1.61. The average Bonchev–Trinajstić information content (AvgIpc) is 3.71. The highest BCUT2D eigenvalue weighted by atomic mass is 32.2. The fourth-order valence-corrected chi connectivity index (χ4v) is 7.16. The minimum Gasteiger partial charge on any atom is -0.481 e. The Labute approximate surface area is 248 Å². The van der Waals surface area contributed by atoms with Crippen molar-refractivity contribution < 1.29 is 31.8 Å². The third-order valence-electron chi connectivity index (χ3n) is 8.48. The van der Waals surface area contributed by atoms with E-state index in [-0.39, 0.29) is 34.9 Å². The minimum atomic E-state index is -3.98. The van der Waals surface area contributed by atoms with Crippen LogP contribution in [0.1, 0.15) is 60.4 Å². The molecule has 1 saturated carbocycles. The van der Waals surface area contributed by atoms with Crippen molar-refractivity contribution in [2.24, 2.45) is 5.41 Å². The topological polar surface area (TPSA) is 149 Å². The van der Waals surface area contributed by atoms with E-state index in [2.05, 4.69) is 4.98 Å². The van der Waals surface area contributed by atoms with Crippen LogP contribution in [-0.4, -0.2) is 57.8 Å². The highest BCUT2D eigenvalue weighted by Gasteiger charge is 2.52. The SMILES string of the molecule is Cc1ccc(C(c2ccn(C(=N)C(F)F)c(=N)c2C)C(C)(C)C(=O)O)cc1CN1CC2(CC2)Oc2ncccc2S1(=O)=O. The largest absolute Gasteiger partial charge is 0.481 e. The maximum Gasteiger partial charge on any atom is 0.310 e. The third-order valence-corrected chi connectivity index (χ3v) is 10.3. The predicted molar refractivity (Wildman–Crippen MR) is 153 cm³/mol. The minimum absolute atomic E-state index is 0.00465. The molecular formula is C30H33F2N5O5S. The molecule has 1 spiro atoms. The van der Waals surface area contributed by atoms with Crippen molar-refractivity contribution in [3.8, 4) is 5.88 Å². The first-order chi connectivity index (χ1) is 20.1. The smallest absolute Gasteiger partial charge is 0.310 e. The van der Waals surface area contributed by atoms with Crippen LogP contribution in [0, 0.1) is 30.1 Å². The number of carboxylic acids is 1. The number of aliphatic carboxylic acids is 1. The van der Waals surface area contributed by atoms with Gasteiger partial charge in [0.2, 0.25) is 15.9 Å². The maximum absolute atomic E-state index is 13.8. The van der Waals surface area contributed by atoms with E-state index >= 15 is 0 Å². The molecule has 43 heavy (non-hydrogen) atoms. The molecule has 1 atom stereocenters. The summed E-state index contributed by atoms with van der Waals surface area (Å²) in [5.74, 6) is -2.93. The molecule has 2 aliphatic rings. The van der Waals surface area contributed by atoms with Crippen LogP contribution >= 0.6 is 0 Å². The number of fused-ring (bicyclic) bond motifs is 1. The Kier molecular flexibility index (Phi) is 7.54. The van der Waals surface area contributed by atoms with Gasteiger partial charge in [-0.15, -0.1) is 0 Å². The molecule has 3 heterocycles. The molecule has 0 bridgehead atoms. The van der Waals surface area contributed by atoms with Crippen LogP contribution < -0.4 is 10.2 Å². The summed E-state index contributed by atoms with van der Waals surface area (Å²) < 4.78 is 62.3. The van der Waals surface area contributed by atoms with Crippen molar-refractivity contribution in [3.63, 3.8) is 0 Å². The first kappa shape index (κ1) is 30.5. The monoisotopic (exact) mass is 613 g/mol. The number of benzene rings is 1. The van der Waals surface area contributed by atoms with Crippen LogP contribution in [0.4, 0.5) is 8.78 Å². The number of pyridine rings is 2. The number of nitrogens with one attached hydrogen (secondary N) is 2. The van der Waals surface area contributed by atoms with Crippen LogP contribution in [0.5, 0.6) is 5.88 Å². The Morgan fingerprint density at radius 2 is 1.91 bits per heavy atom. The van der Waals surface area contributed by atoms with Gasteiger partial charge >= 0.3 is 5.97 Å². The lowest BCUT2D eigenvalue weighted by Gasteiger charge is -2.33. The summed E-state index contributed by atoms with van der Waals surface area (Å²) in [6.07, 6.45) is 0.958. The fraction of sp³-hybridized carbons (Fsp3) is 0.400. The second-order valence-corrected chi connectivity index (χ2v) is 13.7. The predicted octanol–water partition coefficient (Wildman–Crippen LogP) is 4.43. The van der Waals surface area contributed by atoms with Gasteiger partial charge in [0.1, 0.15) is 16.0 Å². The molecule has 1 unspecified atom stereocenters. The van der Waals surface area contributed by atoms with E-state index in [1.54, 1.807) is 38.1 Å². The molecule has 0 saturated heterocycles. The summed E-state index contributed by atoms with van der Waals surface area (Å²) in [7, 11) is -3.98. The van der Waals surface area contributed by atoms with E-state index in [0.717, 1.165) is 10.1 Å². The van der Waals surface area contributed by atoms with E-state index in [9.17, 15) is 27.1 Å². The summed E-state index contributed by atoms with van der Waals surface area (Å²) in [6, 6.07) is 9.82. The van der Waals surface area contributed by atoms with Gasteiger partial charge in [-0.05, 0) is 86.6 Å². The molecular weight excluding hydrogens is 580 g/mol. The number of ether oxygens (including phenoxy) is 1. The molecule has 0 amide bonds. The second-order valence-electron chi connectivity index (χ2n) is 11.8. The van der Waals surface area contributed by atoms with Gasteiger partial charge in [-0.2, -0.15) is 4.31 Å². The number of alkyl halides is 2.